The van der Waals surface area contributed by atoms with Crippen molar-refractivity contribution in [3.63, 3.8) is 0 Å². The van der Waals surface area contributed by atoms with Crippen LogP contribution in [0.4, 0.5) is 87.6 Å². The molecule has 4 fully saturated rings. The predicted octanol–water partition coefficient (Wildman–Crippen LogP) is 17.8. The highest BCUT2D eigenvalue weighted by Gasteiger charge is 2.49. The van der Waals surface area contributed by atoms with Crippen LogP contribution in [-0.4, -0.2) is 108 Å². The molecule has 2 aliphatic carbocycles. The zero-order chi connectivity index (χ0) is 68.3. The summed E-state index contributed by atoms with van der Waals surface area (Å²) in [7, 11) is -5.03. The molecule has 95 heavy (non-hydrogen) atoms. The number of hydrogen-bond donors (Lipinski definition) is 6. The summed E-state index contributed by atoms with van der Waals surface area (Å²) in [5, 5.41) is 16.8. The van der Waals surface area contributed by atoms with E-state index in [0.29, 0.717) is 53.7 Å². The van der Waals surface area contributed by atoms with Crippen molar-refractivity contribution in [2.75, 3.05) is 84.3 Å². The Morgan fingerprint density at radius 2 is 0.958 bits per heavy atom. The molecule has 4 aliphatic rings. The number of carbonyl (C=O) groups is 2. The molecule has 7 N–H and O–H groups in total. The Balaban J connectivity index is 0.000000247. The molecule has 2 saturated carbocycles. The molecule has 520 valence electrons. The van der Waals surface area contributed by atoms with Gasteiger partial charge in [-0.1, -0.05) is 62.3 Å². The minimum Gasteiger partial charge on any atom is -0.444 e. The number of piperidine rings is 2. The molecule has 2 saturated heterocycles. The van der Waals surface area contributed by atoms with Gasteiger partial charge in [-0.15, -0.1) is 0 Å². The van der Waals surface area contributed by atoms with Crippen molar-refractivity contribution in [1.82, 2.24) is 30.6 Å². The molecule has 2 aromatic heterocycles. The number of rotatable bonds is 12. The lowest BCUT2D eigenvalue weighted by Gasteiger charge is -2.52. The summed E-state index contributed by atoms with van der Waals surface area (Å²) in [5.41, 5.74) is 4.98. The number of hydrogen-bond acceptors (Lipinski definition) is 16. The molecule has 29 heteroatoms. The van der Waals surface area contributed by atoms with Crippen LogP contribution in [0.25, 0.3) is 0 Å². The number of alkyl carbamates (subject to hydrolysis) is 2. The summed E-state index contributed by atoms with van der Waals surface area (Å²) >= 11 is 18.1. The molecule has 2 spiro atoms. The van der Waals surface area contributed by atoms with Crippen LogP contribution in [0.2, 0.25) is 15.3 Å². The van der Waals surface area contributed by atoms with Crippen LogP contribution < -0.4 is 52.7 Å². The van der Waals surface area contributed by atoms with Gasteiger partial charge in [0.1, 0.15) is 35.5 Å². The number of nitrogens with zero attached hydrogens (tertiary/aromatic N) is 6. The largest absolute Gasteiger partial charge is 0.444 e. The second kappa shape index (κ2) is 30.4. The van der Waals surface area contributed by atoms with Crippen molar-refractivity contribution in [2.45, 2.75) is 143 Å². The Morgan fingerprint density at radius 3 is 1.37 bits per heavy atom. The molecule has 0 radical (unpaired) electrons. The number of nitrogens with one attached hydrogen (secondary N) is 5. The molecule has 2 amide bonds. The van der Waals surface area contributed by atoms with Crippen molar-refractivity contribution in [1.29, 1.82) is 0 Å². The van der Waals surface area contributed by atoms with E-state index in [1.807, 2.05) is 65.8 Å². The van der Waals surface area contributed by atoms with E-state index in [9.17, 15) is 45.1 Å². The fourth-order valence-electron chi connectivity index (χ4n) is 12.0. The van der Waals surface area contributed by atoms with Crippen molar-refractivity contribution in [3.8, 4) is 0 Å². The third-order valence-corrected chi connectivity index (χ3v) is 20.1. The van der Waals surface area contributed by atoms with E-state index < -0.39 is 61.2 Å². The maximum absolute atomic E-state index is 14.3. The zero-order valence-corrected chi connectivity index (χ0v) is 57.4. The van der Waals surface area contributed by atoms with E-state index in [-0.39, 0.29) is 82.6 Å². The monoisotopic (exact) mass is 1420 g/mol. The van der Waals surface area contributed by atoms with Gasteiger partial charge >= 0.3 is 24.5 Å². The number of alkyl halides is 6. The van der Waals surface area contributed by atoms with E-state index in [2.05, 4.69) is 46.5 Å². The summed E-state index contributed by atoms with van der Waals surface area (Å²) in [4.78, 5) is 43.9. The number of nitrogen functional groups attached to an aromatic ring is 1. The van der Waals surface area contributed by atoms with Gasteiger partial charge in [-0.25, -0.2) is 19.6 Å². The fourth-order valence-corrected chi connectivity index (χ4v) is 14.7. The maximum atomic E-state index is 14.3. The van der Waals surface area contributed by atoms with Gasteiger partial charge in [-0.05, 0) is 203 Å². The number of ether oxygens (including phenoxy) is 2. The van der Waals surface area contributed by atoms with Crippen molar-refractivity contribution < 1.29 is 54.5 Å². The summed E-state index contributed by atoms with van der Waals surface area (Å²) in [6, 6.07) is 22.6. The van der Waals surface area contributed by atoms with Gasteiger partial charge in [0.15, 0.2) is 11.6 Å². The third kappa shape index (κ3) is 21.1. The molecule has 0 bridgehead atoms. The summed E-state index contributed by atoms with van der Waals surface area (Å²) in [6.45, 7) is 19.7. The second-order valence-corrected chi connectivity index (χ2v) is 34.3. The molecular weight excluding hydrogens is 1340 g/mol. The minimum absolute atomic E-state index is 0. The topological polar surface area (TPSA) is 231 Å². The van der Waals surface area contributed by atoms with Crippen molar-refractivity contribution >= 4 is 124 Å². The Kier molecular flexibility index (Phi) is 24.7. The van der Waals surface area contributed by atoms with Crippen molar-refractivity contribution in [2.24, 2.45) is 10.8 Å². The van der Waals surface area contributed by atoms with E-state index in [0.717, 1.165) is 68.8 Å². The van der Waals surface area contributed by atoms with Crippen LogP contribution in [-0.2, 0) is 31.0 Å². The van der Waals surface area contributed by atoms with Gasteiger partial charge in [0.25, 0.3) is 0 Å². The molecule has 10 rings (SSSR count). The first kappa shape index (κ1) is 77.3. The van der Waals surface area contributed by atoms with E-state index in [4.69, 9.17) is 50.0 Å². The van der Waals surface area contributed by atoms with Crippen LogP contribution in [0.3, 0.4) is 0 Å². The Bertz CT molecular complexity index is 3760. The van der Waals surface area contributed by atoms with Crippen LogP contribution in [0.15, 0.2) is 97.3 Å². The summed E-state index contributed by atoms with van der Waals surface area (Å²) in [5.74, 6) is 0.651. The minimum atomic E-state index is -4.59. The van der Waals surface area contributed by atoms with Crippen LogP contribution in [0.5, 0.6) is 0 Å². The number of benzene rings is 4. The van der Waals surface area contributed by atoms with Gasteiger partial charge in [0.05, 0.1) is 34.9 Å². The number of carbonyl (C=O) groups excluding carboxylic acids is 2. The average molecular weight is 1430 g/mol. The van der Waals surface area contributed by atoms with E-state index in [1.165, 1.54) is 30.6 Å². The molecule has 18 nitrogen and oxygen atoms in total. The van der Waals surface area contributed by atoms with Gasteiger partial charge in [0, 0.05) is 71.6 Å². The Hall–Kier alpha value is -6.71. The molecule has 6 aromatic rings. The number of aromatic nitrogens is 4. The lowest BCUT2D eigenvalue weighted by atomic mass is 9.60. The second-order valence-electron chi connectivity index (χ2n) is 26.8. The Labute approximate surface area is 568 Å². The van der Waals surface area contributed by atoms with Crippen LogP contribution in [0, 0.1) is 10.8 Å². The molecule has 0 atom stereocenters. The van der Waals surface area contributed by atoms with Gasteiger partial charge in [0.2, 0.25) is 11.2 Å². The fraction of sp³-hybridized carbons (Fsp3) is 0.485. The highest BCUT2D eigenvalue weighted by atomic mass is 35.5. The molecule has 4 heterocycles. The molecule has 2 aliphatic heterocycles. The number of para-hydroxylation sites is 2. The first-order valence-corrected chi connectivity index (χ1v) is 36.5. The number of amides is 2. The SMILES string of the molecule is C.C.CC(C)(C)OC(=O)NC1CC2(CCN(c3ccc(N)cc3C(F)(F)F)CC2)C1.CC(C)(C)OC(=O)NC1CC2(CCN(c3ccc(Nc4ncc(Cl)c(Nc5ccccc5P(C)(C)=O)n4)cc3C(F)(F)F)CC2)C1.CP(C)(=O)c1ccccc1Nc1nc(Cl)ncc1Cl. The summed E-state index contributed by atoms with van der Waals surface area (Å²) in [6.07, 6.45) is -0.783. The summed E-state index contributed by atoms with van der Waals surface area (Å²) < 4.78 is 119. The van der Waals surface area contributed by atoms with Crippen molar-refractivity contribution in [3.05, 3.63) is 124 Å². The molecule has 0 unspecified atom stereocenters. The Morgan fingerprint density at radius 1 is 0.568 bits per heavy atom. The smallest absolute Gasteiger partial charge is 0.418 e. The number of nitrogens with two attached hydrogens (primary N) is 1. The normalized spacial score (nSPS) is 16.9. The number of halogens is 9. The highest BCUT2D eigenvalue weighted by Crippen LogP contribution is 2.53. The lowest BCUT2D eigenvalue weighted by molar-refractivity contribution is -0.138. The highest BCUT2D eigenvalue weighted by molar-refractivity contribution is 7.70. The number of anilines is 9. The first-order valence-electron chi connectivity index (χ1n) is 30.1. The molecular formula is C66H87Cl3F6N12O6P2. The van der Waals surface area contributed by atoms with Gasteiger partial charge < -0.3 is 60.7 Å². The zero-order valence-electron chi connectivity index (χ0n) is 53.4. The van der Waals surface area contributed by atoms with Gasteiger partial charge in [-0.2, -0.15) is 36.3 Å². The van der Waals surface area contributed by atoms with E-state index in [1.54, 1.807) is 66.8 Å². The quantitative estimate of drug-likeness (QED) is 0.0289. The van der Waals surface area contributed by atoms with Crippen LogP contribution >= 0.6 is 49.1 Å². The van der Waals surface area contributed by atoms with E-state index >= 15 is 0 Å². The third-order valence-electron chi connectivity index (χ3n) is 16.3. The lowest BCUT2D eigenvalue weighted by Crippen LogP contribution is -2.55. The molecule has 4 aromatic carbocycles. The first-order chi connectivity index (χ1) is 43.2. The average Bonchev–Trinajstić information content (AvgIpc) is 0.856. The van der Waals surface area contributed by atoms with Gasteiger partial charge in [-0.3, -0.25) is 0 Å². The maximum Gasteiger partial charge on any atom is 0.418 e. The van der Waals surface area contributed by atoms with Crippen LogP contribution in [0.1, 0.15) is 119 Å². The standard InChI is InChI=1S/C32H39ClF3N6O3P.C20H28F3N3O2.C12H12Cl2N3OP.2CH4/c1-30(2,3)45-29(43)39-21-17-31(18-21)12-14-42(15-13-31)25-11-10-20(16-22(25)32(34,35)36)38-28-37-19-23(33)27(41-28)40-24-8-6-7-9-26(24)46(4,5)44;1-18(2,3)28-17(27)25-14-11-19(12-14)6-8-26(9-7-19)16-5-4-13(24)10-15(16)20(21,22)23;1-19(2,18)10-6-4-3-5-9(10)16-11-8(13)7-15-12(14)17-11;;/h6-11,16,19,21H,12-15,17-18H2,1-5H3,(H,39,43)(H2,37,38,40,41);4-5,10,14H,6-9,11-12,24H2,1-3H3,(H,25,27);3-7H,1-2H3,(H,15,16,17);2*1H4. The predicted molar refractivity (Wildman–Crippen MR) is 373 cm³/mol.